The maximum atomic E-state index is 12.6. The number of aromatic nitrogens is 3. The van der Waals surface area contributed by atoms with E-state index in [-0.39, 0.29) is 5.69 Å². The van der Waals surface area contributed by atoms with Crippen LogP contribution in [0.3, 0.4) is 0 Å². The Balaban J connectivity index is 1.71. The van der Waals surface area contributed by atoms with Gasteiger partial charge in [0.25, 0.3) is 5.91 Å². The number of carbonyl (C=O) groups is 2. The molecule has 0 spiro atoms. The van der Waals surface area contributed by atoms with Gasteiger partial charge in [-0.05, 0) is 57.9 Å². The highest BCUT2D eigenvalue weighted by Gasteiger charge is 2.24. The van der Waals surface area contributed by atoms with Crippen molar-refractivity contribution < 1.29 is 14.3 Å². The molecular formula is C22H24N4O3. The molecule has 0 fully saturated rings. The molecule has 29 heavy (non-hydrogen) atoms. The van der Waals surface area contributed by atoms with E-state index in [0.29, 0.717) is 5.69 Å². The highest BCUT2D eigenvalue weighted by atomic mass is 16.5. The SMILES string of the molecule is Cc1cc(C)c(NC(=O)C(C)OC(=O)c2nn(-c3ccccc3)nc2C)c(C)c1. The molecule has 1 amide bonds. The van der Waals surface area contributed by atoms with Gasteiger partial charge in [0.15, 0.2) is 11.8 Å². The van der Waals surface area contributed by atoms with E-state index in [1.54, 1.807) is 6.92 Å². The first-order valence-corrected chi connectivity index (χ1v) is 9.35. The molecule has 1 heterocycles. The summed E-state index contributed by atoms with van der Waals surface area (Å²) in [7, 11) is 0. The van der Waals surface area contributed by atoms with E-state index in [9.17, 15) is 9.59 Å². The summed E-state index contributed by atoms with van der Waals surface area (Å²) in [5.41, 5.74) is 5.00. The number of nitrogens with zero attached hydrogens (tertiary/aromatic N) is 3. The Labute approximate surface area is 169 Å². The predicted octanol–water partition coefficient (Wildman–Crippen LogP) is 3.68. The van der Waals surface area contributed by atoms with Crippen LogP contribution in [0.1, 0.15) is 39.8 Å². The van der Waals surface area contributed by atoms with Crippen LogP contribution in [0, 0.1) is 27.7 Å². The summed E-state index contributed by atoms with van der Waals surface area (Å²) in [4.78, 5) is 26.5. The van der Waals surface area contributed by atoms with Gasteiger partial charge in [-0.3, -0.25) is 4.79 Å². The lowest BCUT2D eigenvalue weighted by atomic mass is 10.0. The number of benzene rings is 2. The Morgan fingerprint density at radius 2 is 1.62 bits per heavy atom. The van der Waals surface area contributed by atoms with Crippen molar-refractivity contribution in [3.8, 4) is 5.69 Å². The van der Waals surface area contributed by atoms with Crippen molar-refractivity contribution in [3.63, 3.8) is 0 Å². The zero-order valence-electron chi connectivity index (χ0n) is 17.2. The average molecular weight is 392 g/mol. The highest BCUT2D eigenvalue weighted by Crippen LogP contribution is 2.22. The molecular weight excluding hydrogens is 368 g/mol. The Morgan fingerprint density at radius 1 is 1.00 bits per heavy atom. The number of esters is 1. The Bertz CT molecular complexity index is 1030. The third-order valence-corrected chi connectivity index (χ3v) is 4.54. The molecule has 0 aliphatic carbocycles. The van der Waals surface area contributed by atoms with E-state index >= 15 is 0 Å². The summed E-state index contributed by atoms with van der Waals surface area (Å²) in [5, 5.41) is 11.3. The summed E-state index contributed by atoms with van der Waals surface area (Å²) in [5.74, 6) is -1.09. The Hall–Kier alpha value is -3.48. The maximum Gasteiger partial charge on any atom is 0.361 e. The summed E-state index contributed by atoms with van der Waals surface area (Å²) in [6, 6.07) is 13.2. The number of hydrogen-bond acceptors (Lipinski definition) is 5. The summed E-state index contributed by atoms with van der Waals surface area (Å²) in [6.45, 7) is 9.06. The van der Waals surface area contributed by atoms with Crippen LogP contribution < -0.4 is 5.32 Å². The third kappa shape index (κ3) is 4.51. The molecule has 1 aromatic heterocycles. The predicted molar refractivity (Wildman–Crippen MR) is 110 cm³/mol. The number of aryl methyl sites for hydroxylation is 4. The maximum absolute atomic E-state index is 12.6. The first-order chi connectivity index (χ1) is 13.8. The molecule has 7 nitrogen and oxygen atoms in total. The number of nitrogens with one attached hydrogen (secondary N) is 1. The lowest BCUT2D eigenvalue weighted by molar-refractivity contribution is -0.123. The van der Waals surface area contributed by atoms with E-state index in [1.165, 1.54) is 11.7 Å². The van der Waals surface area contributed by atoms with E-state index in [0.717, 1.165) is 28.1 Å². The van der Waals surface area contributed by atoms with Gasteiger partial charge in [-0.15, -0.1) is 5.10 Å². The molecule has 1 atom stereocenters. The Kier molecular flexibility index (Phi) is 5.77. The first kappa shape index (κ1) is 20.3. The quantitative estimate of drug-likeness (QED) is 0.670. The fourth-order valence-corrected chi connectivity index (χ4v) is 3.12. The van der Waals surface area contributed by atoms with Gasteiger partial charge in [0.05, 0.1) is 11.4 Å². The molecule has 0 radical (unpaired) electrons. The molecule has 0 saturated heterocycles. The van der Waals surface area contributed by atoms with Gasteiger partial charge >= 0.3 is 5.97 Å². The van der Waals surface area contributed by atoms with E-state index in [2.05, 4.69) is 15.5 Å². The minimum atomic E-state index is -0.983. The lowest BCUT2D eigenvalue weighted by Gasteiger charge is -2.16. The minimum absolute atomic E-state index is 0.0798. The fourth-order valence-electron chi connectivity index (χ4n) is 3.12. The van der Waals surface area contributed by atoms with Crippen LogP contribution in [-0.4, -0.2) is 33.0 Å². The van der Waals surface area contributed by atoms with Gasteiger partial charge < -0.3 is 10.1 Å². The summed E-state index contributed by atoms with van der Waals surface area (Å²) < 4.78 is 5.34. The number of anilines is 1. The Morgan fingerprint density at radius 3 is 2.24 bits per heavy atom. The van der Waals surface area contributed by atoms with Crippen LogP contribution in [0.5, 0.6) is 0 Å². The van der Waals surface area contributed by atoms with Crippen molar-refractivity contribution in [2.75, 3.05) is 5.32 Å². The molecule has 7 heteroatoms. The van der Waals surface area contributed by atoms with E-state index in [4.69, 9.17) is 4.74 Å². The number of ether oxygens (including phenoxy) is 1. The van der Waals surface area contributed by atoms with Crippen molar-refractivity contribution in [2.45, 2.75) is 40.7 Å². The van der Waals surface area contributed by atoms with Crippen LogP contribution in [0.15, 0.2) is 42.5 Å². The zero-order valence-corrected chi connectivity index (χ0v) is 17.2. The first-order valence-electron chi connectivity index (χ1n) is 9.35. The van der Waals surface area contributed by atoms with Crippen LogP contribution in [-0.2, 0) is 9.53 Å². The third-order valence-electron chi connectivity index (χ3n) is 4.54. The van der Waals surface area contributed by atoms with Crippen molar-refractivity contribution in [1.82, 2.24) is 15.0 Å². The minimum Gasteiger partial charge on any atom is -0.448 e. The summed E-state index contributed by atoms with van der Waals surface area (Å²) >= 11 is 0. The molecule has 0 aliphatic heterocycles. The van der Waals surface area contributed by atoms with Gasteiger partial charge in [-0.25, -0.2) is 4.79 Å². The van der Waals surface area contributed by atoms with Crippen molar-refractivity contribution in [2.24, 2.45) is 0 Å². The molecule has 1 N–H and O–H groups in total. The van der Waals surface area contributed by atoms with Crippen LogP contribution in [0.4, 0.5) is 5.69 Å². The molecule has 3 rings (SSSR count). The number of hydrogen-bond donors (Lipinski definition) is 1. The van der Waals surface area contributed by atoms with Crippen LogP contribution >= 0.6 is 0 Å². The number of carbonyl (C=O) groups excluding carboxylic acids is 2. The molecule has 0 bridgehead atoms. The second-order valence-electron chi connectivity index (χ2n) is 7.07. The number of rotatable bonds is 5. The molecule has 0 saturated carbocycles. The topological polar surface area (TPSA) is 86.1 Å². The molecule has 1 unspecified atom stereocenters. The fraction of sp³-hybridized carbons (Fsp3) is 0.273. The smallest absolute Gasteiger partial charge is 0.361 e. The standard InChI is InChI=1S/C22H24N4O3/c1-13-11-14(2)19(15(3)12-13)23-21(27)17(5)29-22(28)20-16(4)24-26(25-20)18-9-7-6-8-10-18/h6-12,17H,1-5H3,(H,23,27). The van der Waals surface area contributed by atoms with Gasteiger partial charge in [-0.1, -0.05) is 35.9 Å². The van der Waals surface area contributed by atoms with E-state index < -0.39 is 18.0 Å². The molecule has 2 aromatic carbocycles. The molecule has 0 aliphatic rings. The van der Waals surface area contributed by atoms with Crippen LogP contribution in [0.2, 0.25) is 0 Å². The second-order valence-corrected chi connectivity index (χ2v) is 7.07. The van der Waals surface area contributed by atoms with Crippen molar-refractivity contribution in [3.05, 3.63) is 70.5 Å². The van der Waals surface area contributed by atoms with Gasteiger partial charge in [-0.2, -0.15) is 9.90 Å². The molecule has 150 valence electrons. The zero-order chi connectivity index (χ0) is 21.1. The molecule has 3 aromatic rings. The van der Waals surface area contributed by atoms with Gasteiger partial charge in [0, 0.05) is 5.69 Å². The van der Waals surface area contributed by atoms with Gasteiger partial charge in [0.1, 0.15) is 0 Å². The van der Waals surface area contributed by atoms with E-state index in [1.807, 2.05) is 63.2 Å². The van der Waals surface area contributed by atoms with Crippen LogP contribution in [0.25, 0.3) is 5.69 Å². The van der Waals surface area contributed by atoms with Crippen molar-refractivity contribution in [1.29, 1.82) is 0 Å². The summed E-state index contributed by atoms with van der Waals surface area (Å²) in [6.07, 6.45) is -0.983. The lowest BCUT2D eigenvalue weighted by Crippen LogP contribution is -2.30. The normalized spacial score (nSPS) is 11.8. The number of para-hydroxylation sites is 1. The second kappa shape index (κ2) is 8.26. The van der Waals surface area contributed by atoms with Gasteiger partial charge in [0.2, 0.25) is 0 Å². The monoisotopic (exact) mass is 392 g/mol. The average Bonchev–Trinajstić information content (AvgIpc) is 3.07. The largest absolute Gasteiger partial charge is 0.448 e. The number of amides is 1. The van der Waals surface area contributed by atoms with Crippen molar-refractivity contribution >= 4 is 17.6 Å². The highest BCUT2D eigenvalue weighted by molar-refractivity contribution is 5.98.